The molecule has 0 unspecified atom stereocenters. The molecule has 0 aromatic rings. The van der Waals surface area contributed by atoms with Crippen molar-refractivity contribution in [3.05, 3.63) is 0 Å². The number of aliphatic carboxylic acids is 2. The first-order chi connectivity index (χ1) is 7.43. The van der Waals surface area contributed by atoms with Crippen LogP contribution < -0.4 is 0 Å². The van der Waals surface area contributed by atoms with E-state index in [0.29, 0.717) is 6.61 Å². The van der Waals surface area contributed by atoms with Crippen LogP contribution in [0.1, 0.15) is 26.2 Å². The second-order valence-corrected chi connectivity index (χ2v) is 2.67. The van der Waals surface area contributed by atoms with E-state index in [9.17, 15) is 14.4 Å². The molecule has 0 spiro atoms. The van der Waals surface area contributed by atoms with Gasteiger partial charge in [-0.25, -0.2) is 4.79 Å². The van der Waals surface area contributed by atoms with Crippen LogP contribution in [0, 0.1) is 0 Å². The normalized spacial score (nSPS) is 8.62. The Labute approximate surface area is 92.6 Å². The molecule has 0 aliphatic heterocycles. The lowest BCUT2D eigenvalue weighted by Gasteiger charge is -1.96. The molecule has 0 bridgehead atoms. The average Bonchev–Trinajstić information content (AvgIpc) is 2.23. The molecule has 94 valence electrons. The fraction of sp³-hybridized carbons (Fsp3) is 0.667. The predicted molar refractivity (Wildman–Crippen MR) is 52.8 cm³/mol. The maximum absolute atomic E-state index is 10.1. The molecular formula is C9H16O7. The summed E-state index contributed by atoms with van der Waals surface area (Å²) in [5.41, 5.74) is 0. The van der Waals surface area contributed by atoms with E-state index in [-0.39, 0.29) is 12.8 Å². The summed E-state index contributed by atoms with van der Waals surface area (Å²) >= 11 is 0. The largest absolute Gasteiger partial charge is 0.481 e. The summed E-state index contributed by atoms with van der Waals surface area (Å²) in [6.07, 6.45) is 0.205. The minimum absolute atomic E-state index is 0.296. The number of carbonyl (C=O) groups excluding carboxylic acids is 1. The molecule has 0 atom stereocenters. The van der Waals surface area contributed by atoms with Gasteiger partial charge in [0.25, 0.3) is 0 Å². The lowest BCUT2D eigenvalue weighted by Crippen LogP contribution is -2.08. The van der Waals surface area contributed by atoms with Gasteiger partial charge in [-0.2, -0.15) is 0 Å². The Balaban J connectivity index is 0. The predicted octanol–water partition coefficient (Wildman–Crippen LogP) is -0.132. The summed E-state index contributed by atoms with van der Waals surface area (Å²) in [6.45, 7) is 1.78. The zero-order valence-electron chi connectivity index (χ0n) is 9.01. The summed E-state index contributed by atoms with van der Waals surface area (Å²) in [5.74, 6) is -2.70. The van der Waals surface area contributed by atoms with E-state index in [0.717, 1.165) is 6.42 Å². The molecule has 0 aliphatic carbocycles. The average molecular weight is 236 g/mol. The SMILES string of the molecule is CCCOC(=O)CO.O=C(O)CCC(=O)O. The van der Waals surface area contributed by atoms with Crippen molar-refractivity contribution < 1.29 is 34.4 Å². The fourth-order valence-corrected chi connectivity index (χ4v) is 0.475. The van der Waals surface area contributed by atoms with Gasteiger partial charge in [-0.3, -0.25) is 9.59 Å². The van der Waals surface area contributed by atoms with E-state index in [1.807, 2.05) is 6.92 Å². The van der Waals surface area contributed by atoms with Gasteiger partial charge < -0.3 is 20.1 Å². The van der Waals surface area contributed by atoms with Crippen LogP contribution >= 0.6 is 0 Å². The topological polar surface area (TPSA) is 121 Å². The summed E-state index contributed by atoms with van der Waals surface area (Å²) in [6, 6.07) is 0. The minimum atomic E-state index is -1.08. The van der Waals surface area contributed by atoms with E-state index in [4.69, 9.17) is 15.3 Å². The minimum Gasteiger partial charge on any atom is -0.481 e. The molecule has 0 fully saturated rings. The van der Waals surface area contributed by atoms with Crippen molar-refractivity contribution in [2.45, 2.75) is 26.2 Å². The van der Waals surface area contributed by atoms with Crippen LogP contribution in [-0.2, 0) is 19.1 Å². The van der Waals surface area contributed by atoms with Gasteiger partial charge in [0.1, 0.15) is 6.61 Å². The number of esters is 1. The van der Waals surface area contributed by atoms with Crippen molar-refractivity contribution in [3.63, 3.8) is 0 Å². The van der Waals surface area contributed by atoms with Gasteiger partial charge in [0.05, 0.1) is 19.4 Å². The second-order valence-electron chi connectivity index (χ2n) is 2.67. The van der Waals surface area contributed by atoms with Gasteiger partial charge >= 0.3 is 17.9 Å². The molecule has 0 heterocycles. The van der Waals surface area contributed by atoms with Crippen LogP contribution in [0.5, 0.6) is 0 Å². The molecule has 0 amide bonds. The van der Waals surface area contributed by atoms with Gasteiger partial charge in [-0.1, -0.05) is 6.92 Å². The van der Waals surface area contributed by atoms with Crippen LogP contribution in [-0.4, -0.2) is 46.4 Å². The molecule has 7 nitrogen and oxygen atoms in total. The summed E-state index contributed by atoms with van der Waals surface area (Å²) in [4.78, 5) is 29.4. The van der Waals surface area contributed by atoms with Crippen molar-refractivity contribution in [2.24, 2.45) is 0 Å². The van der Waals surface area contributed by atoms with Gasteiger partial charge in [-0.05, 0) is 6.42 Å². The molecule has 0 saturated carbocycles. The Morgan fingerprint density at radius 2 is 1.50 bits per heavy atom. The summed E-state index contributed by atoms with van der Waals surface area (Å²) < 4.78 is 4.45. The Bertz CT molecular complexity index is 210. The maximum Gasteiger partial charge on any atom is 0.331 e. The van der Waals surface area contributed by atoms with Crippen LogP contribution in [0.2, 0.25) is 0 Å². The van der Waals surface area contributed by atoms with E-state index < -0.39 is 24.5 Å². The van der Waals surface area contributed by atoms with Crippen molar-refractivity contribution in [1.82, 2.24) is 0 Å². The Morgan fingerprint density at radius 3 is 1.75 bits per heavy atom. The number of rotatable bonds is 6. The van der Waals surface area contributed by atoms with Gasteiger partial charge in [0, 0.05) is 0 Å². The third-order valence-corrected chi connectivity index (χ3v) is 1.15. The third kappa shape index (κ3) is 18.2. The van der Waals surface area contributed by atoms with Crippen LogP contribution in [0.25, 0.3) is 0 Å². The van der Waals surface area contributed by atoms with Gasteiger partial charge in [-0.15, -0.1) is 0 Å². The molecule has 0 radical (unpaired) electrons. The number of carboxylic acid groups (broad SMARTS) is 2. The van der Waals surface area contributed by atoms with Crippen LogP contribution in [0.15, 0.2) is 0 Å². The molecule has 0 aromatic heterocycles. The Hall–Kier alpha value is -1.63. The molecule has 0 aromatic carbocycles. The number of carboxylic acids is 2. The Kier molecular flexibility index (Phi) is 12.0. The van der Waals surface area contributed by atoms with Crippen LogP contribution in [0.3, 0.4) is 0 Å². The van der Waals surface area contributed by atoms with Crippen molar-refractivity contribution in [3.8, 4) is 0 Å². The second kappa shape index (κ2) is 11.4. The third-order valence-electron chi connectivity index (χ3n) is 1.15. The highest BCUT2D eigenvalue weighted by Crippen LogP contribution is 1.86. The highest BCUT2D eigenvalue weighted by molar-refractivity contribution is 5.75. The number of carbonyl (C=O) groups is 3. The monoisotopic (exact) mass is 236 g/mol. The van der Waals surface area contributed by atoms with E-state index >= 15 is 0 Å². The fourth-order valence-electron chi connectivity index (χ4n) is 0.475. The highest BCUT2D eigenvalue weighted by atomic mass is 16.5. The van der Waals surface area contributed by atoms with Crippen molar-refractivity contribution in [2.75, 3.05) is 13.2 Å². The quantitative estimate of drug-likeness (QED) is 0.549. The lowest BCUT2D eigenvalue weighted by atomic mass is 10.3. The molecular weight excluding hydrogens is 220 g/mol. The number of aliphatic hydroxyl groups excluding tert-OH is 1. The Morgan fingerprint density at radius 1 is 1.06 bits per heavy atom. The summed E-state index contributed by atoms with van der Waals surface area (Å²) in [7, 11) is 0. The smallest absolute Gasteiger partial charge is 0.331 e. The molecule has 0 saturated heterocycles. The van der Waals surface area contributed by atoms with E-state index in [1.54, 1.807) is 0 Å². The number of hydrogen-bond acceptors (Lipinski definition) is 5. The molecule has 16 heavy (non-hydrogen) atoms. The van der Waals surface area contributed by atoms with E-state index in [1.165, 1.54) is 0 Å². The maximum atomic E-state index is 10.1. The van der Waals surface area contributed by atoms with E-state index in [2.05, 4.69) is 4.74 Å². The highest BCUT2D eigenvalue weighted by Gasteiger charge is 2.00. The van der Waals surface area contributed by atoms with Crippen LogP contribution in [0.4, 0.5) is 0 Å². The zero-order chi connectivity index (χ0) is 13.0. The standard InChI is InChI=1S/C5H10O3.C4H6O4/c1-2-3-8-5(7)4-6;5-3(6)1-2-4(7)8/h6H,2-4H2,1H3;1-2H2,(H,5,6)(H,7,8). The zero-order valence-corrected chi connectivity index (χ0v) is 9.01. The number of aliphatic hydroxyl groups is 1. The number of hydrogen-bond donors (Lipinski definition) is 3. The van der Waals surface area contributed by atoms with Crippen molar-refractivity contribution in [1.29, 1.82) is 0 Å². The van der Waals surface area contributed by atoms with Gasteiger partial charge in [0.2, 0.25) is 0 Å². The summed E-state index contributed by atoms with van der Waals surface area (Å²) in [5, 5.41) is 23.9. The lowest BCUT2D eigenvalue weighted by molar-refractivity contribution is -0.146. The van der Waals surface area contributed by atoms with Crippen molar-refractivity contribution >= 4 is 17.9 Å². The molecule has 3 N–H and O–H groups in total. The molecule has 7 heteroatoms. The first-order valence-electron chi connectivity index (χ1n) is 4.64. The first kappa shape index (κ1) is 16.8. The molecule has 0 aliphatic rings. The number of ether oxygens (including phenoxy) is 1. The molecule has 0 rings (SSSR count). The first-order valence-corrected chi connectivity index (χ1v) is 4.64. The van der Waals surface area contributed by atoms with Gasteiger partial charge in [0.15, 0.2) is 0 Å².